The number of benzene rings is 1. The predicted molar refractivity (Wildman–Crippen MR) is 80.1 cm³/mol. The van der Waals surface area contributed by atoms with Crippen molar-refractivity contribution in [1.29, 1.82) is 0 Å². The van der Waals surface area contributed by atoms with E-state index in [2.05, 4.69) is 5.32 Å². The van der Waals surface area contributed by atoms with Gasteiger partial charge in [-0.05, 0) is 23.6 Å². The van der Waals surface area contributed by atoms with Crippen LogP contribution in [-0.4, -0.2) is 26.2 Å². The number of nitrogens with one attached hydrogen (secondary N) is 1. The van der Waals surface area contributed by atoms with Crippen LogP contribution in [0.5, 0.6) is 5.75 Å². The molecule has 1 aromatic carbocycles. The zero-order chi connectivity index (χ0) is 15.1. The van der Waals surface area contributed by atoms with Crippen LogP contribution in [0.4, 0.5) is 0 Å². The summed E-state index contributed by atoms with van der Waals surface area (Å²) in [5, 5.41) is 3.79. The van der Waals surface area contributed by atoms with Gasteiger partial charge in [0.1, 0.15) is 11.8 Å². The molecule has 0 saturated heterocycles. The van der Waals surface area contributed by atoms with Crippen molar-refractivity contribution >= 4 is 17.6 Å². The van der Waals surface area contributed by atoms with E-state index in [1.165, 1.54) is 7.11 Å². The molecular weight excluding hydrogens is 278 g/mol. The standard InChI is InChI=1S/C15H22ClNO3/c1-5-10(2)14(15(18)20-4)17-9-11-6-7-13(19-3)12(16)8-11/h6-8,10,14,17H,5,9H2,1-4H3. The maximum absolute atomic E-state index is 11.8. The summed E-state index contributed by atoms with van der Waals surface area (Å²) in [5.74, 6) is 0.608. The molecule has 0 fully saturated rings. The Morgan fingerprint density at radius 1 is 1.40 bits per heavy atom. The fraction of sp³-hybridized carbons (Fsp3) is 0.533. The number of methoxy groups -OCH3 is 2. The van der Waals surface area contributed by atoms with Crippen molar-refractivity contribution in [2.75, 3.05) is 14.2 Å². The summed E-state index contributed by atoms with van der Waals surface area (Å²) in [4.78, 5) is 11.8. The van der Waals surface area contributed by atoms with Gasteiger partial charge in [0.2, 0.25) is 0 Å². The normalized spacial score (nSPS) is 13.7. The minimum atomic E-state index is -0.314. The molecule has 2 unspecified atom stereocenters. The molecule has 0 heterocycles. The number of carbonyl (C=O) groups is 1. The number of rotatable bonds is 7. The predicted octanol–water partition coefficient (Wildman–Crippen LogP) is 3.03. The van der Waals surface area contributed by atoms with Crippen LogP contribution >= 0.6 is 11.6 Å². The van der Waals surface area contributed by atoms with Gasteiger partial charge in [-0.25, -0.2) is 0 Å². The summed E-state index contributed by atoms with van der Waals surface area (Å²) in [6, 6.07) is 5.25. The van der Waals surface area contributed by atoms with Gasteiger partial charge in [0.15, 0.2) is 0 Å². The molecule has 20 heavy (non-hydrogen) atoms. The van der Waals surface area contributed by atoms with Crippen LogP contribution in [0, 0.1) is 5.92 Å². The molecule has 5 heteroatoms. The van der Waals surface area contributed by atoms with Gasteiger partial charge in [0.05, 0.1) is 19.2 Å². The van der Waals surface area contributed by atoms with Gasteiger partial charge in [-0.15, -0.1) is 0 Å². The van der Waals surface area contributed by atoms with E-state index in [0.717, 1.165) is 12.0 Å². The van der Waals surface area contributed by atoms with E-state index in [-0.39, 0.29) is 17.9 Å². The van der Waals surface area contributed by atoms with Crippen molar-refractivity contribution in [1.82, 2.24) is 5.32 Å². The van der Waals surface area contributed by atoms with Crippen LogP contribution < -0.4 is 10.1 Å². The molecule has 0 amide bonds. The summed E-state index contributed by atoms with van der Waals surface area (Å²) in [6.07, 6.45) is 0.899. The van der Waals surface area contributed by atoms with Crippen LogP contribution in [0.1, 0.15) is 25.8 Å². The lowest BCUT2D eigenvalue weighted by molar-refractivity contribution is -0.144. The Hall–Kier alpha value is -1.26. The Labute approximate surface area is 125 Å². The van der Waals surface area contributed by atoms with Gasteiger partial charge in [0.25, 0.3) is 0 Å². The maximum atomic E-state index is 11.8. The first-order valence-corrected chi connectivity index (χ1v) is 7.04. The van der Waals surface area contributed by atoms with E-state index in [1.54, 1.807) is 7.11 Å². The molecule has 1 N–H and O–H groups in total. The second kappa shape index (κ2) is 8.12. The quantitative estimate of drug-likeness (QED) is 0.786. The molecule has 0 aromatic heterocycles. The lowest BCUT2D eigenvalue weighted by atomic mass is 9.99. The average molecular weight is 300 g/mol. The van der Waals surface area contributed by atoms with E-state index in [0.29, 0.717) is 17.3 Å². The van der Waals surface area contributed by atoms with E-state index >= 15 is 0 Å². The highest BCUT2D eigenvalue weighted by Crippen LogP contribution is 2.25. The van der Waals surface area contributed by atoms with Crippen LogP contribution in [-0.2, 0) is 16.1 Å². The second-order valence-corrected chi connectivity index (χ2v) is 5.14. The van der Waals surface area contributed by atoms with Crippen molar-refractivity contribution in [3.63, 3.8) is 0 Å². The van der Waals surface area contributed by atoms with Crippen LogP contribution in [0.25, 0.3) is 0 Å². The Morgan fingerprint density at radius 3 is 2.60 bits per heavy atom. The number of ether oxygens (including phenoxy) is 2. The van der Waals surface area contributed by atoms with Gasteiger partial charge >= 0.3 is 5.97 Å². The minimum Gasteiger partial charge on any atom is -0.495 e. The van der Waals surface area contributed by atoms with Crippen LogP contribution in [0.2, 0.25) is 5.02 Å². The van der Waals surface area contributed by atoms with Crippen LogP contribution in [0.3, 0.4) is 0 Å². The molecule has 4 nitrogen and oxygen atoms in total. The number of hydrogen-bond acceptors (Lipinski definition) is 4. The minimum absolute atomic E-state index is 0.205. The highest BCUT2D eigenvalue weighted by atomic mass is 35.5. The van der Waals surface area contributed by atoms with E-state index in [1.807, 2.05) is 32.0 Å². The van der Waals surface area contributed by atoms with E-state index in [9.17, 15) is 4.79 Å². The van der Waals surface area contributed by atoms with Gasteiger partial charge in [-0.2, -0.15) is 0 Å². The van der Waals surface area contributed by atoms with Gasteiger partial charge in [0, 0.05) is 6.54 Å². The summed E-state index contributed by atoms with van der Waals surface area (Å²) >= 11 is 6.08. The SMILES string of the molecule is CCC(C)C(NCc1ccc(OC)c(Cl)c1)C(=O)OC. The second-order valence-electron chi connectivity index (χ2n) is 4.74. The summed E-state index contributed by atoms with van der Waals surface area (Å²) in [6.45, 7) is 4.62. The third-order valence-electron chi connectivity index (χ3n) is 3.41. The number of carbonyl (C=O) groups excluding carboxylic acids is 1. The lowest BCUT2D eigenvalue weighted by Gasteiger charge is -2.22. The molecule has 0 radical (unpaired) electrons. The van der Waals surface area contributed by atoms with E-state index in [4.69, 9.17) is 21.1 Å². The fourth-order valence-electron chi connectivity index (χ4n) is 1.93. The zero-order valence-corrected chi connectivity index (χ0v) is 13.2. The Kier molecular flexibility index (Phi) is 6.82. The summed E-state index contributed by atoms with van der Waals surface area (Å²) in [7, 11) is 2.99. The maximum Gasteiger partial charge on any atom is 0.323 e. The molecule has 0 aliphatic rings. The highest BCUT2D eigenvalue weighted by molar-refractivity contribution is 6.32. The fourth-order valence-corrected chi connectivity index (χ4v) is 2.21. The summed E-state index contributed by atoms with van der Waals surface area (Å²) < 4.78 is 9.95. The molecule has 1 aromatic rings. The third-order valence-corrected chi connectivity index (χ3v) is 3.71. The first kappa shape index (κ1) is 16.8. The molecule has 0 aliphatic carbocycles. The molecule has 0 bridgehead atoms. The Balaban J connectivity index is 2.72. The molecule has 112 valence electrons. The Morgan fingerprint density at radius 2 is 2.10 bits per heavy atom. The zero-order valence-electron chi connectivity index (χ0n) is 12.4. The first-order valence-electron chi connectivity index (χ1n) is 6.67. The number of hydrogen-bond donors (Lipinski definition) is 1. The molecule has 0 spiro atoms. The van der Waals surface area contributed by atoms with E-state index < -0.39 is 0 Å². The van der Waals surface area contributed by atoms with Crippen LogP contribution in [0.15, 0.2) is 18.2 Å². The lowest BCUT2D eigenvalue weighted by Crippen LogP contribution is -2.42. The van der Waals surface area contributed by atoms with Crippen molar-refractivity contribution in [3.8, 4) is 5.75 Å². The number of halogens is 1. The molecular formula is C15H22ClNO3. The van der Waals surface area contributed by atoms with Gasteiger partial charge < -0.3 is 14.8 Å². The number of esters is 1. The average Bonchev–Trinajstić information content (AvgIpc) is 2.46. The topological polar surface area (TPSA) is 47.6 Å². The third kappa shape index (κ3) is 4.39. The Bertz CT molecular complexity index is 451. The molecule has 2 atom stereocenters. The molecule has 0 saturated carbocycles. The van der Waals surface area contributed by atoms with Gasteiger partial charge in [-0.1, -0.05) is 37.9 Å². The summed E-state index contributed by atoms with van der Waals surface area (Å²) in [5.41, 5.74) is 0.994. The van der Waals surface area contributed by atoms with Crippen molar-refractivity contribution in [2.24, 2.45) is 5.92 Å². The largest absolute Gasteiger partial charge is 0.495 e. The van der Waals surface area contributed by atoms with Gasteiger partial charge in [-0.3, -0.25) is 4.79 Å². The monoisotopic (exact) mass is 299 g/mol. The first-order chi connectivity index (χ1) is 9.53. The van der Waals surface area contributed by atoms with Crippen molar-refractivity contribution in [2.45, 2.75) is 32.9 Å². The van der Waals surface area contributed by atoms with Crippen molar-refractivity contribution < 1.29 is 14.3 Å². The van der Waals surface area contributed by atoms with Crippen molar-refractivity contribution in [3.05, 3.63) is 28.8 Å². The smallest absolute Gasteiger partial charge is 0.323 e. The molecule has 1 rings (SSSR count). The highest BCUT2D eigenvalue weighted by Gasteiger charge is 2.24. The molecule has 0 aliphatic heterocycles.